The summed E-state index contributed by atoms with van der Waals surface area (Å²) in [5.41, 5.74) is 0.784. The van der Waals surface area contributed by atoms with E-state index in [0.29, 0.717) is 24.2 Å². The quantitative estimate of drug-likeness (QED) is 0.664. The fourth-order valence-electron chi connectivity index (χ4n) is 1.64. The molecule has 0 spiro atoms. The smallest absolute Gasteiger partial charge is 0.320 e. The monoisotopic (exact) mass is 418 g/mol. The molecule has 114 valence electrons. The van der Waals surface area contributed by atoms with E-state index >= 15 is 0 Å². The fourth-order valence-corrected chi connectivity index (χ4v) is 2.90. The van der Waals surface area contributed by atoms with E-state index in [9.17, 15) is 0 Å². The Kier molecular flexibility index (Phi) is 6.01. The largest absolute Gasteiger partial charge is 0.495 e. The van der Waals surface area contributed by atoms with Crippen molar-refractivity contribution in [1.82, 2.24) is 15.5 Å². The first-order valence-electron chi connectivity index (χ1n) is 6.47. The maximum absolute atomic E-state index is 5.52. The van der Waals surface area contributed by atoms with E-state index in [4.69, 9.17) is 9.15 Å². The van der Waals surface area contributed by atoms with Gasteiger partial charge in [0.1, 0.15) is 5.75 Å². The summed E-state index contributed by atoms with van der Waals surface area (Å²) in [6.45, 7) is 3.58. The second-order valence-corrected chi connectivity index (χ2v) is 5.98. The lowest BCUT2D eigenvalue weighted by molar-refractivity contribution is 0.412. The van der Waals surface area contributed by atoms with Crippen molar-refractivity contribution in [2.24, 2.45) is 0 Å². The van der Waals surface area contributed by atoms with E-state index in [-0.39, 0.29) is 0 Å². The van der Waals surface area contributed by atoms with Crippen molar-refractivity contribution in [3.8, 4) is 5.75 Å². The van der Waals surface area contributed by atoms with Crippen LogP contribution < -0.4 is 15.4 Å². The van der Waals surface area contributed by atoms with Gasteiger partial charge in [-0.25, -0.2) is 0 Å². The molecule has 0 aliphatic heterocycles. The normalized spacial score (nSPS) is 10.7. The first-order valence-corrected chi connectivity index (χ1v) is 8.05. The van der Waals surface area contributed by atoms with Crippen molar-refractivity contribution < 1.29 is 9.15 Å². The van der Waals surface area contributed by atoms with Crippen molar-refractivity contribution in [2.45, 2.75) is 19.9 Å². The molecule has 2 N–H and O–H groups in total. The SMILES string of the molecule is CCCNCc1nnc(Nc2cc(OC)c(Br)cc2Br)o1. The number of benzene rings is 1. The molecule has 1 aromatic carbocycles. The van der Waals surface area contributed by atoms with Crippen molar-refractivity contribution in [2.75, 3.05) is 19.0 Å². The fraction of sp³-hybridized carbons (Fsp3) is 0.385. The van der Waals surface area contributed by atoms with E-state index in [1.807, 2.05) is 12.1 Å². The summed E-state index contributed by atoms with van der Waals surface area (Å²) in [4.78, 5) is 0. The van der Waals surface area contributed by atoms with Crippen LogP contribution in [0.5, 0.6) is 5.75 Å². The highest BCUT2D eigenvalue weighted by atomic mass is 79.9. The first kappa shape index (κ1) is 16.3. The topological polar surface area (TPSA) is 72.2 Å². The maximum atomic E-state index is 5.52. The Bertz CT molecular complexity index is 604. The number of hydrogen-bond donors (Lipinski definition) is 2. The number of nitrogens with one attached hydrogen (secondary N) is 2. The highest BCUT2D eigenvalue weighted by molar-refractivity contribution is 9.11. The predicted molar refractivity (Wildman–Crippen MR) is 88.0 cm³/mol. The molecule has 0 atom stereocenters. The highest BCUT2D eigenvalue weighted by Gasteiger charge is 2.11. The number of rotatable bonds is 7. The third kappa shape index (κ3) is 4.42. The van der Waals surface area contributed by atoms with E-state index in [0.717, 1.165) is 27.6 Å². The Labute approximate surface area is 139 Å². The predicted octanol–water partition coefficient (Wildman–Crippen LogP) is 3.85. The van der Waals surface area contributed by atoms with Crippen LogP contribution in [0.1, 0.15) is 19.2 Å². The Morgan fingerprint density at radius 1 is 1.24 bits per heavy atom. The molecule has 0 radical (unpaired) electrons. The average Bonchev–Trinajstić information content (AvgIpc) is 2.90. The lowest BCUT2D eigenvalue weighted by atomic mass is 10.3. The van der Waals surface area contributed by atoms with Gasteiger partial charge in [-0.05, 0) is 50.9 Å². The third-order valence-electron chi connectivity index (χ3n) is 2.65. The molecule has 1 heterocycles. The van der Waals surface area contributed by atoms with Gasteiger partial charge in [0.15, 0.2) is 0 Å². The molecule has 6 nitrogen and oxygen atoms in total. The molecule has 0 unspecified atom stereocenters. The average molecular weight is 420 g/mol. The van der Waals surface area contributed by atoms with Crippen LogP contribution in [0.3, 0.4) is 0 Å². The summed E-state index contributed by atoms with van der Waals surface area (Å²) in [6, 6.07) is 4.07. The Morgan fingerprint density at radius 3 is 2.76 bits per heavy atom. The van der Waals surface area contributed by atoms with Gasteiger partial charge in [-0.15, -0.1) is 5.10 Å². The van der Waals surface area contributed by atoms with E-state index in [2.05, 4.69) is 59.6 Å². The zero-order valence-corrected chi connectivity index (χ0v) is 14.9. The number of methoxy groups -OCH3 is 1. The minimum atomic E-state index is 0.341. The molecule has 1 aromatic heterocycles. The van der Waals surface area contributed by atoms with Crippen LogP contribution in [0.15, 0.2) is 25.5 Å². The molecule has 0 aliphatic rings. The van der Waals surface area contributed by atoms with Gasteiger partial charge in [0.2, 0.25) is 5.89 Å². The lowest BCUT2D eigenvalue weighted by Crippen LogP contribution is -2.13. The summed E-state index contributed by atoms with van der Waals surface area (Å²) < 4.78 is 12.5. The standard InChI is InChI=1S/C13H16Br2N4O2/c1-3-4-16-7-12-18-19-13(21-12)17-10-6-11(20-2)9(15)5-8(10)14/h5-6,16H,3-4,7H2,1-2H3,(H,17,19). The molecule has 2 rings (SSSR count). The van der Waals surface area contributed by atoms with E-state index in [1.165, 1.54) is 0 Å². The van der Waals surface area contributed by atoms with Gasteiger partial charge in [0.05, 0.1) is 23.8 Å². The summed E-state index contributed by atoms with van der Waals surface area (Å²) in [6.07, 6.45) is 1.06. The maximum Gasteiger partial charge on any atom is 0.320 e. The van der Waals surface area contributed by atoms with Crippen LogP contribution in [-0.4, -0.2) is 23.9 Å². The summed E-state index contributed by atoms with van der Waals surface area (Å²) >= 11 is 6.90. The number of anilines is 2. The van der Waals surface area contributed by atoms with Crippen LogP contribution in [0.2, 0.25) is 0 Å². The van der Waals surface area contributed by atoms with Gasteiger partial charge in [-0.2, -0.15) is 0 Å². The van der Waals surface area contributed by atoms with Crippen LogP contribution in [0, 0.1) is 0 Å². The molecule has 8 heteroatoms. The Balaban J connectivity index is 2.08. The number of aromatic nitrogens is 2. The third-order valence-corrected chi connectivity index (χ3v) is 3.93. The van der Waals surface area contributed by atoms with E-state index in [1.54, 1.807) is 7.11 Å². The highest BCUT2D eigenvalue weighted by Crippen LogP contribution is 2.35. The van der Waals surface area contributed by atoms with Crippen LogP contribution >= 0.6 is 31.9 Å². The lowest BCUT2D eigenvalue weighted by Gasteiger charge is -2.09. The van der Waals surface area contributed by atoms with Gasteiger partial charge in [0.25, 0.3) is 0 Å². The summed E-state index contributed by atoms with van der Waals surface area (Å²) in [5.74, 6) is 1.26. The van der Waals surface area contributed by atoms with Gasteiger partial charge in [-0.3, -0.25) is 0 Å². The van der Waals surface area contributed by atoms with Crippen molar-refractivity contribution >= 4 is 43.6 Å². The molecule has 0 fully saturated rings. The minimum absolute atomic E-state index is 0.341. The molecule has 0 saturated carbocycles. The number of hydrogen-bond acceptors (Lipinski definition) is 6. The summed E-state index contributed by atoms with van der Waals surface area (Å²) in [7, 11) is 1.61. The molecular weight excluding hydrogens is 404 g/mol. The second-order valence-electron chi connectivity index (χ2n) is 4.27. The molecular formula is C13H16Br2N4O2. The number of ether oxygens (including phenoxy) is 1. The summed E-state index contributed by atoms with van der Waals surface area (Å²) in [5, 5.41) is 14.2. The zero-order chi connectivity index (χ0) is 15.2. The van der Waals surface area contributed by atoms with Crippen LogP contribution in [-0.2, 0) is 6.54 Å². The van der Waals surface area contributed by atoms with Gasteiger partial charge >= 0.3 is 6.01 Å². The molecule has 0 amide bonds. The van der Waals surface area contributed by atoms with Gasteiger partial charge < -0.3 is 19.8 Å². The Morgan fingerprint density at radius 2 is 2.05 bits per heavy atom. The van der Waals surface area contributed by atoms with Gasteiger partial charge in [-0.1, -0.05) is 12.0 Å². The van der Waals surface area contributed by atoms with E-state index < -0.39 is 0 Å². The van der Waals surface area contributed by atoms with Crippen LogP contribution in [0.4, 0.5) is 11.7 Å². The van der Waals surface area contributed by atoms with Crippen molar-refractivity contribution in [3.63, 3.8) is 0 Å². The number of halogens is 2. The molecule has 21 heavy (non-hydrogen) atoms. The van der Waals surface area contributed by atoms with Crippen molar-refractivity contribution in [1.29, 1.82) is 0 Å². The molecule has 0 aliphatic carbocycles. The first-order chi connectivity index (χ1) is 10.1. The zero-order valence-electron chi connectivity index (χ0n) is 11.7. The molecule has 0 saturated heterocycles. The molecule has 0 bridgehead atoms. The Hall–Kier alpha value is -1.12. The second kappa shape index (κ2) is 7.77. The molecule has 2 aromatic rings. The number of nitrogens with zero attached hydrogens (tertiary/aromatic N) is 2. The van der Waals surface area contributed by atoms with Crippen LogP contribution in [0.25, 0.3) is 0 Å². The van der Waals surface area contributed by atoms with Gasteiger partial charge in [0, 0.05) is 10.5 Å². The van der Waals surface area contributed by atoms with Crippen molar-refractivity contribution in [3.05, 3.63) is 27.0 Å². The minimum Gasteiger partial charge on any atom is -0.495 e.